The maximum atomic E-state index is 12.0. The van der Waals surface area contributed by atoms with Crippen LogP contribution in [0.2, 0.25) is 5.02 Å². The van der Waals surface area contributed by atoms with E-state index in [1.807, 2.05) is 18.2 Å². The molecule has 4 nitrogen and oxygen atoms in total. The Hall–Kier alpha value is -1.34. The first kappa shape index (κ1) is 16.0. The summed E-state index contributed by atoms with van der Waals surface area (Å²) in [5.41, 5.74) is 1.68. The van der Waals surface area contributed by atoms with Crippen LogP contribution in [0.5, 0.6) is 0 Å². The van der Waals surface area contributed by atoms with Crippen molar-refractivity contribution < 1.29 is 9.90 Å². The molecule has 0 saturated carbocycles. The number of aryl methyl sites for hydroxylation is 1. The fourth-order valence-corrected chi connectivity index (χ4v) is 3.12. The average Bonchev–Trinajstić information content (AvgIpc) is 2.41. The third kappa shape index (κ3) is 3.29. The Balaban J connectivity index is 2.60. The molecule has 0 amide bonds. The lowest BCUT2D eigenvalue weighted by atomic mass is 9.97. The summed E-state index contributed by atoms with van der Waals surface area (Å²) >= 11 is 8.35. The van der Waals surface area contributed by atoms with Crippen molar-refractivity contribution in [2.24, 2.45) is 7.05 Å². The molecule has 0 saturated heterocycles. The van der Waals surface area contributed by atoms with Gasteiger partial charge in [-0.15, -0.1) is 0 Å². The molecule has 110 valence electrons. The van der Waals surface area contributed by atoms with Crippen LogP contribution < -0.4 is 5.56 Å². The van der Waals surface area contributed by atoms with Crippen molar-refractivity contribution >= 4 is 40.2 Å². The van der Waals surface area contributed by atoms with Crippen LogP contribution in [0.3, 0.4) is 0 Å². The molecule has 0 atom stereocenters. The molecule has 0 unspecified atom stereocenters. The zero-order valence-corrected chi connectivity index (χ0v) is 14.4. The number of rotatable bonds is 3. The molecule has 1 heterocycles. The summed E-state index contributed by atoms with van der Waals surface area (Å²) in [6, 6.07) is 5.57. The number of aromatic carboxylic acids is 1. The Labute approximate surface area is 140 Å². The molecule has 0 aliphatic carbocycles. The minimum absolute atomic E-state index is 0.129. The normalized spacial score (nSPS) is 10.7. The van der Waals surface area contributed by atoms with Gasteiger partial charge in [-0.2, -0.15) is 0 Å². The number of hydrogen-bond donors (Lipinski definition) is 1. The predicted molar refractivity (Wildman–Crippen MR) is 90.4 cm³/mol. The highest BCUT2D eigenvalue weighted by Gasteiger charge is 2.17. The highest BCUT2D eigenvalue weighted by Crippen LogP contribution is 2.24. The molecule has 6 heteroatoms. The lowest BCUT2D eigenvalue weighted by molar-refractivity contribution is 0.0694. The lowest BCUT2D eigenvalue weighted by Gasteiger charge is -2.13. The summed E-state index contributed by atoms with van der Waals surface area (Å²) in [6.45, 7) is 1.64. The van der Waals surface area contributed by atoms with Crippen LogP contribution in [0.15, 0.2) is 29.2 Å². The zero-order chi connectivity index (χ0) is 15.7. The summed E-state index contributed by atoms with van der Waals surface area (Å²) in [5, 5.41) is 9.92. The van der Waals surface area contributed by atoms with Crippen LogP contribution in [0.1, 0.15) is 27.0 Å². The van der Waals surface area contributed by atoms with E-state index in [1.54, 1.807) is 14.0 Å². The van der Waals surface area contributed by atoms with Crippen molar-refractivity contribution in [3.8, 4) is 0 Å². The minimum atomic E-state index is -1.05. The van der Waals surface area contributed by atoms with Crippen LogP contribution in [0, 0.1) is 10.5 Å². The van der Waals surface area contributed by atoms with Crippen molar-refractivity contribution in [2.75, 3.05) is 0 Å². The zero-order valence-electron chi connectivity index (χ0n) is 11.5. The van der Waals surface area contributed by atoms with Gasteiger partial charge >= 0.3 is 5.97 Å². The Morgan fingerprint density at radius 3 is 2.67 bits per heavy atom. The second-order valence-corrected chi connectivity index (χ2v) is 6.43. The van der Waals surface area contributed by atoms with Gasteiger partial charge in [0.25, 0.3) is 5.56 Å². The number of nitrogens with zero attached hydrogens (tertiary/aromatic N) is 1. The first-order chi connectivity index (χ1) is 9.81. The van der Waals surface area contributed by atoms with Crippen molar-refractivity contribution in [1.82, 2.24) is 4.57 Å². The number of carboxylic acid groups (broad SMARTS) is 1. The summed E-state index contributed by atoms with van der Waals surface area (Å²) < 4.78 is 2.29. The number of carboxylic acids is 1. The topological polar surface area (TPSA) is 59.3 Å². The molecule has 0 fully saturated rings. The van der Waals surface area contributed by atoms with Crippen LogP contribution in [0.4, 0.5) is 0 Å². The Bertz CT molecular complexity index is 783. The molecule has 0 radical (unpaired) electrons. The summed E-state index contributed by atoms with van der Waals surface area (Å²) in [5.74, 6) is -1.05. The van der Waals surface area contributed by atoms with Gasteiger partial charge in [-0.25, -0.2) is 4.79 Å². The number of aromatic nitrogens is 1. The SMILES string of the molecule is Cc1c(Cc2ccc(I)cc2Cl)c(C(=O)O)cn(C)c1=O. The van der Waals surface area contributed by atoms with E-state index in [9.17, 15) is 14.7 Å². The second kappa shape index (κ2) is 6.19. The number of hydrogen-bond acceptors (Lipinski definition) is 2. The molecular weight excluding hydrogens is 405 g/mol. The van der Waals surface area contributed by atoms with E-state index in [0.717, 1.165) is 9.13 Å². The van der Waals surface area contributed by atoms with E-state index in [-0.39, 0.29) is 11.1 Å². The monoisotopic (exact) mass is 417 g/mol. The maximum absolute atomic E-state index is 12.0. The van der Waals surface area contributed by atoms with Gasteiger partial charge in [0.1, 0.15) is 0 Å². The third-order valence-corrected chi connectivity index (χ3v) is 4.38. The molecule has 0 bridgehead atoms. The van der Waals surface area contributed by atoms with Gasteiger partial charge in [0.05, 0.1) is 5.56 Å². The van der Waals surface area contributed by atoms with E-state index >= 15 is 0 Å². The molecule has 0 aliphatic heterocycles. The summed E-state index contributed by atoms with van der Waals surface area (Å²) in [7, 11) is 1.55. The molecule has 2 aromatic rings. The average molecular weight is 418 g/mol. The summed E-state index contributed by atoms with van der Waals surface area (Å²) in [6.07, 6.45) is 1.67. The molecule has 0 spiro atoms. The highest BCUT2D eigenvalue weighted by molar-refractivity contribution is 14.1. The smallest absolute Gasteiger partial charge is 0.337 e. The first-order valence-corrected chi connectivity index (χ1v) is 7.63. The van der Waals surface area contributed by atoms with Crippen LogP contribution in [-0.4, -0.2) is 15.6 Å². The van der Waals surface area contributed by atoms with Gasteiger partial charge in [-0.05, 0) is 52.8 Å². The van der Waals surface area contributed by atoms with Crippen LogP contribution in [0.25, 0.3) is 0 Å². The summed E-state index contributed by atoms with van der Waals surface area (Å²) in [4.78, 5) is 23.4. The largest absolute Gasteiger partial charge is 0.478 e. The van der Waals surface area contributed by atoms with E-state index in [0.29, 0.717) is 22.6 Å². The van der Waals surface area contributed by atoms with Crippen LogP contribution >= 0.6 is 34.2 Å². The quantitative estimate of drug-likeness (QED) is 0.780. The molecular formula is C15H13ClINO3. The molecule has 1 N–H and O–H groups in total. The van der Waals surface area contributed by atoms with Gasteiger partial charge in [0.2, 0.25) is 0 Å². The lowest BCUT2D eigenvalue weighted by Crippen LogP contribution is -2.24. The standard InChI is InChI=1S/C15H13ClINO3/c1-8-11(5-9-3-4-10(17)6-13(9)16)12(15(20)21)7-18(2)14(8)19/h3-4,6-7H,5H2,1-2H3,(H,20,21). The van der Waals surface area contributed by atoms with Gasteiger partial charge in [0.15, 0.2) is 0 Å². The van der Waals surface area contributed by atoms with Crippen molar-refractivity contribution in [3.05, 3.63) is 65.6 Å². The maximum Gasteiger partial charge on any atom is 0.337 e. The number of halogens is 2. The Kier molecular flexibility index (Phi) is 4.73. The number of benzene rings is 1. The van der Waals surface area contributed by atoms with E-state index in [2.05, 4.69) is 22.6 Å². The number of carbonyl (C=O) groups is 1. The molecule has 2 rings (SSSR count). The fourth-order valence-electron chi connectivity index (χ4n) is 2.19. The second-order valence-electron chi connectivity index (χ2n) is 4.78. The third-order valence-electron chi connectivity index (χ3n) is 3.35. The van der Waals surface area contributed by atoms with Gasteiger partial charge < -0.3 is 9.67 Å². The van der Waals surface area contributed by atoms with Gasteiger partial charge in [-0.3, -0.25) is 4.79 Å². The van der Waals surface area contributed by atoms with Gasteiger partial charge in [0, 0.05) is 33.8 Å². The molecule has 1 aromatic carbocycles. The molecule has 0 aliphatic rings. The van der Waals surface area contributed by atoms with E-state index < -0.39 is 5.97 Å². The predicted octanol–water partition coefficient (Wildman–Crippen LogP) is 3.24. The fraction of sp³-hybridized carbons (Fsp3) is 0.200. The van der Waals surface area contributed by atoms with E-state index in [1.165, 1.54) is 10.8 Å². The van der Waals surface area contributed by atoms with Crippen molar-refractivity contribution in [3.63, 3.8) is 0 Å². The van der Waals surface area contributed by atoms with Gasteiger partial charge in [-0.1, -0.05) is 17.7 Å². The number of pyridine rings is 1. The highest BCUT2D eigenvalue weighted by atomic mass is 127. The van der Waals surface area contributed by atoms with Crippen molar-refractivity contribution in [2.45, 2.75) is 13.3 Å². The Morgan fingerprint density at radius 1 is 1.43 bits per heavy atom. The molecule has 21 heavy (non-hydrogen) atoms. The van der Waals surface area contributed by atoms with E-state index in [4.69, 9.17) is 11.6 Å². The first-order valence-electron chi connectivity index (χ1n) is 6.17. The molecule has 1 aromatic heterocycles. The minimum Gasteiger partial charge on any atom is -0.478 e. The Morgan fingerprint density at radius 2 is 2.10 bits per heavy atom. The van der Waals surface area contributed by atoms with Crippen molar-refractivity contribution in [1.29, 1.82) is 0 Å². The van der Waals surface area contributed by atoms with Crippen LogP contribution in [-0.2, 0) is 13.5 Å².